The summed E-state index contributed by atoms with van der Waals surface area (Å²) in [6, 6.07) is 14.5. The van der Waals surface area contributed by atoms with Crippen LogP contribution in [0.2, 0.25) is 5.02 Å². The molecule has 140 valence electrons. The quantitative estimate of drug-likeness (QED) is 0.555. The van der Waals surface area contributed by atoms with Gasteiger partial charge in [-0.3, -0.25) is 9.78 Å². The Hall–Kier alpha value is -3.58. The summed E-state index contributed by atoms with van der Waals surface area (Å²) in [5, 5.41) is 11.0. The molecular weight excluding hydrogens is 382 g/mol. The first-order valence-corrected chi connectivity index (χ1v) is 8.65. The highest BCUT2D eigenvalue weighted by Gasteiger charge is 2.14. The van der Waals surface area contributed by atoms with Gasteiger partial charge in [-0.2, -0.15) is 0 Å². The molecule has 0 saturated heterocycles. The van der Waals surface area contributed by atoms with Crippen molar-refractivity contribution in [1.29, 1.82) is 0 Å². The summed E-state index contributed by atoms with van der Waals surface area (Å²) in [5.74, 6) is 0.536. The SMILES string of the molecule is COc1ccc(O)c(-c2ccc3c(=O)[nH]c(=O)n(-c4ccc(Cl)cc4)c3n2)c1. The van der Waals surface area contributed by atoms with Crippen LogP contribution in [0.25, 0.3) is 28.0 Å². The molecule has 0 radical (unpaired) electrons. The largest absolute Gasteiger partial charge is 0.507 e. The van der Waals surface area contributed by atoms with Crippen molar-refractivity contribution in [1.82, 2.24) is 14.5 Å². The number of ether oxygens (including phenoxy) is 1. The highest BCUT2D eigenvalue weighted by molar-refractivity contribution is 6.30. The van der Waals surface area contributed by atoms with Gasteiger partial charge in [-0.05, 0) is 54.6 Å². The normalized spacial score (nSPS) is 10.9. The van der Waals surface area contributed by atoms with Crippen molar-refractivity contribution >= 4 is 22.6 Å². The van der Waals surface area contributed by atoms with E-state index in [1.54, 1.807) is 48.5 Å². The maximum atomic E-state index is 12.5. The molecule has 2 aromatic heterocycles. The number of nitrogens with one attached hydrogen (secondary N) is 1. The topological polar surface area (TPSA) is 97.2 Å². The van der Waals surface area contributed by atoms with Crippen molar-refractivity contribution in [2.45, 2.75) is 0 Å². The molecule has 0 aliphatic rings. The lowest BCUT2D eigenvalue weighted by Gasteiger charge is -2.11. The van der Waals surface area contributed by atoms with E-state index >= 15 is 0 Å². The van der Waals surface area contributed by atoms with Crippen LogP contribution in [0.1, 0.15) is 0 Å². The Labute approximate surface area is 163 Å². The third-order valence-electron chi connectivity index (χ3n) is 4.32. The Morgan fingerprint density at radius 1 is 1.07 bits per heavy atom. The predicted molar refractivity (Wildman–Crippen MR) is 107 cm³/mol. The van der Waals surface area contributed by atoms with E-state index < -0.39 is 11.2 Å². The average Bonchev–Trinajstić information content (AvgIpc) is 2.69. The summed E-state index contributed by atoms with van der Waals surface area (Å²) >= 11 is 5.93. The average molecular weight is 396 g/mol. The first kappa shape index (κ1) is 17.8. The molecule has 0 bridgehead atoms. The summed E-state index contributed by atoms with van der Waals surface area (Å²) in [5.41, 5.74) is 0.290. The second-order valence-electron chi connectivity index (χ2n) is 6.02. The maximum Gasteiger partial charge on any atom is 0.334 e. The number of benzene rings is 2. The molecular formula is C20H14ClN3O4. The second kappa shape index (κ2) is 6.86. The Kier molecular flexibility index (Phi) is 4.37. The molecule has 2 heterocycles. The molecule has 2 aromatic carbocycles. The van der Waals surface area contributed by atoms with Crippen LogP contribution in [0, 0.1) is 0 Å². The Morgan fingerprint density at radius 2 is 1.82 bits per heavy atom. The van der Waals surface area contributed by atoms with E-state index in [4.69, 9.17) is 16.3 Å². The number of nitrogens with zero attached hydrogens (tertiary/aromatic N) is 2. The van der Waals surface area contributed by atoms with Gasteiger partial charge < -0.3 is 9.84 Å². The van der Waals surface area contributed by atoms with Crippen LogP contribution in [0.3, 0.4) is 0 Å². The molecule has 2 N–H and O–H groups in total. The summed E-state index contributed by atoms with van der Waals surface area (Å²) in [4.78, 5) is 31.6. The van der Waals surface area contributed by atoms with Crippen molar-refractivity contribution in [2.75, 3.05) is 7.11 Å². The molecule has 0 aliphatic carbocycles. The van der Waals surface area contributed by atoms with Crippen LogP contribution in [-0.2, 0) is 0 Å². The van der Waals surface area contributed by atoms with Gasteiger partial charge in [-0.1, -0.05) is 11.6 Å². The summed E-state index contributed by atoms with van der Waals surface area (Å²) in [6.45, 7) is 0. The lowest BCUT2D eigenvalue weighted by molar-refractivity contribution is 0.412. The Bertz CT molecular complexity index is 1310. The number of hydrogen-bond donors (Lipinski definition) is 2. The summed E-state index contributed by atoms with van der Waals surface area (Å²) < 4.78 is 6.49. The van der Waals surface area contributed by atoms with Crippen LogP contribution in [0.5, 0.6) is 11.5 Å². The summed E-state index contributed by atoms with van der Waals surface area (Å²) in [6.07, 6.45) is 0. The molecule has 0 spiro atoms. The molecule has 4 rings (SSSR count). The zero-order valence-corrected chi connectivity index (χ0v) is 15.4. The highest BCUT2D eigenvalue weighted by atomic mass is 35.5. The molecule has 0 amide bonds. The zero-order chi connectivity index (χ0) is 19.8. The van der Waals surface area contributed by atoms with E-state index in [0.717, 1.165) is 0 Å². The molecule has 8 heteroatoms. The number of aromatic hydroxyl groups is 1. The molecule has 4 aromatic rings. The zero-order valence-electron chi connectivity index (χ0n) is 14.6. The predicted octanol–water partition coefficient (Wildman–Crippen LogP) is 3.11. The van der Waals surface area contributed by atoms with Crippen molar-refractivity contribution in [2.24, 2.45) is 0 Å². The number of halogens is 1. The summed E-state index contributed by atoms with van der Waals surface area (Å²) in [7, 11) is 1.52. The molecule has 0 saturated carbocycles. The molecule has 0 unspecified atom stereocenters. The monoisotopic (exact) mass is 395 g/mol. The van der Waals surface area contributed by atoms with Crippen LogP contribution in [-0.4, -0.2) is 26.8 Å². The molecule has 7 nitrogen and oxygen atoms in total. The van der Waals surface area contributed by atoms with Crippen molar-refractivity contribution in [3.63, 3.8) is 0 Å². The van der Waals surface area contributed by atoms with Gasteiger partial charge in [0, 0.05) is 10.6 Å². The van der Waals surface area contributed by atoms with E-state index in [1.807, 2.05) is 0 Å². The van der Waals surface area contributed by atoms with Crippen molar-refractivity contribution in [3.8, 4) is 28.4 Å². The lowest BCUT2D eigenvalue weighted by atomic mass is 10.1. The molecule has 28 heavy (non-hydrogen) atoms. The van der Waals surface area contributed by atoms with Gasteiger partial charge in [-0.15, -0.1) is 0 Å². The number of aromatic amines is 1. The fraction of sp³-hybridized carbons (Fsp3) is 0.0500. The minimum atomic E-state index is -0.626. The van der Waals surface area contributed by atoms with E-state index in [1.165, 1.54) is 17.7 Å². The van der Waals surface area contributed by atoms with Crippen molar-refractivity contribution < 1.29 is 9.84 Å². The number of rotatable bonds is 3. The number of phenols is 1. The van der Waals surface area contributed by atoms with Gasteiger partial charge in [-0.25, -0.2) is 14.3 Å². The second-order valence-corrected chi connectivity index (χ2v) is 6.46. The fourth-order valence-corrected chi connectivity index (χ4v) is 3.07. The van der Waals surface area contributed by atoms with Gasteiger partial charge in [0.2, 0.25) is 0 Å². The van der Waals surface area contributed by atoms with Gasteiger partial charge in [0.15, 0.2) is 5.65 Å². The molecule has 0 atom stereocenters. The number of methoxy groups -OCH3 is 1. The van der Waals surface area contributed by atoms with Gasteiger partial charge in [0.1, 0.15) is 11.5 Å². The van der Waals surface area contributed by atoms with Gasteiger partial charge in [0.05, 0.1) is 23.9 Å². The fourth-order valence-electron chi connectivity index (χ4n) is 2.94. The van der Waals surface area contributed by atoms with Crippen LogP contribution >= 0.6 is 11.6 Å². The highest BCUT2D eigenvalue weighted by Crippen LogP contribution is 2.32. The van der Waals surface area contributed by atoms with Crippen LogP contribution in [0.15, 0.2) is 64.2 Å². The van der Waals surface area contributed by atoms with E-state index in [0.29, 0.717) is 27.7 Å². The number of hydrogen-bond acceptors (Lipinski definition) is 5. The standard InChI is InChI=1S/C20H14ClN3O4/c1-28-13-6-9-17(25)15(10-13)16-8-7-14-18(22-16)24(20(27)23-19(14)26)12-4-2-11(21)3-5-12/h2-10,25H,1H3,(H,23,26,27). The van der Waals surface area contributed by atoms with Crippen molar-refractivity contribution in [3.05, 3.63) is 80.5 Å². The number of fused-ring (bicyclic) bond motifs is 1. The van der Waals surface area contributed by atoms with Crippen LogP contribution < -0.4 is 16.0 Å². The van der Waals surface area contributed by atoms with E-state index in [2.05, 4.69) is 9.97 Å². The van der Waals surface area contributed by atoms with E-state index in [9.17, 15) is 14.7 Å². The number of phenolic OH excluding ortho intramolecular Hbond substituents is 1. The Balaban J connectivity index is 2.04. The van der Waals surface area contributed by atoms with Gasteiger partial charge in [0.25, 0.3) is 5.56 Å². The first-order valence-electron chi connectivity index (χ1n) is 8.27. The first-order chi connectivity index (χ1) is 13.5. The third kappa shape index (κ3) is 3.01. The van der Waals surface area contributed by atoms with E-state index in [-0.39, 0.29) is 16.8 Å². The molecule has 0 aliphatic heterocycles. The lowest BCUT2D eigenvalue weighted by Crippen LogP contribution is -2.29. The smallest absolute Gasteiger partial charge is 0.334 e. The number of pyridine rings is 1. The van der Waals surface area contributed by atoms with Crippen LogP contribution in [0.4, 0.5) is 0 Å². The minimum absolute atomic E-state index is 0.00196. The number of aromatic nitrogens is 3. The van der Waals surface area contributed by atoms with Gasteiger partial charge >= 0.3 is 5.69 Å². The third-order valence-corrected chi connectivity index (χ3v) is 4.57. The Morgan fingerprint density at radius 3 is 2.54 bits per heavy atom. The maximum absolute atomic E-state index is 12.5. The molecule has 0 fully saturated rings. The minimum Gasteiger partial charge on any atom is -0.507 e. The number of H-pyrrole nitrogens is 1.